The molecule has 0 saturated heterocycles. The molecule has 0 amide bonds. The topological polar surface area (TPSA) is 9.23 Å². The minimum absolute atomic E-state index is 1.15. The molecule has 2 rings (SSSR count). The van der Waals surface area contributed by atoms with E-state index in [1.807, 2.05) is 0 Å². The zero-order valence-electron chi connectivity index (χ0n) is 16.7. The van der Waals surface area contributed by atoms with Crippen molar-refractivity contribution in [3.05, 3.63) is 23.7 Å². The molecule has 0 N–H and O–H groups in total. The van der Waals surface area contributed by atoms with E-state index < -0.39 is 0 Å². The van der Waals surface area contributed by atoms with Crippen molar-refractivity contribution in [3.63, 3.8) is 0 Å². The molecular weight excluding hydrogens is 304 g/mol. The third kappa shape index (κ3) is 10.8. The van der Waals surface area contributed by atoms with E-state index in [1.165, 1.54) is 127 Å². The second-order valence-electron chi connectivity index (χ2n) is 8.18. The van der Waals surface area contributed by atoms with E-state index in [-0.39, 0.29) is 0 Å². The van der Waals surface area contributed by atoms with Crippen LogP contribution in [0.4, 0.5) is 0 Å². The SMILES string of the molecule is C1=C(O/C2=C/CCCCCCCCCC2)CCCCCCCCCC1. The fourth-order valence-electron chi connectivity index (χ4n) is 4.09. The third-order valence-electron chi connectivity index (χ3n) is 5.76. The maximum absolute atomic E-state index is 6.46. The zero-order chi connectivity index (χ0) is 17.4. The maximum Gasteiger partial charge on any atom is 0.0996 e. The van der Waals surface area contributed by atoms with Crippen LogP contribution in [-0.2, 0) is 4.74 Å². The monoisotopic (exact) mass is 346 g/mol. The molecule has 0 fully saturated rings. The largest absolute Gasteiger partial charge is 0.467 e. The highest BCUT2D eigenvalue weighted by atomic mass is 16.5. The van der Waals surface area contributed by atoms with Crippen LogP contribution in [-0.4, -0.2) is 0 Å². The predicted octanol–water partition coefficient (Wildman–Crippen LogP) is 8.60. The van der Waals surface area contributed by atoms with Gasteiger partial charge in [0.15, 0.2) is 0 Å². The normalized spacial score (nSPS) is 25.8. The fraction of sp³-hybridized carbons (Fsp3) is 0.833. The Morgan fingerprint density at radius 1 is 0.400 bits per heavy atom. The van der Waals surface area contributed by atoms with Gasteiger partial charge in [0, 0.05) is 12.8 Å². The predicted molar refractivity (Wildman–Crippen MR) is 110 cm³/mol. The standard InChI is InChI=1S/C24H42O/c1-3-7-11-15-19-23(20-16-12-8-4-1)25-24-21-17-13-9-5-2-6-10-14-18-22-24/h19,21H,1-18,20,22H2/b23-19+,24-21?. The summed E-state index contributed by atoms with van der Waals surface area (Å²) >= 11 is 0. The molecule has 0 spiro atoms. The summed E-state index contributed by atoms with van der Waals surface area (Å²) in [5.74, 6) is 2.55. The summed E-state index contributed by atoms with van der Waals surface area (Å²) < 4.78 is 6.46. The first-order chi connectivity index (χ1) is 12.4. The van der Waals surface area contributed by atoms with Crippen LogP contribution < -0.4 is 0 Å². The summed E-state index contributed by atoms with van der Waals surface area (Å²) in [6.07, 6.45) is 31.8. The van der Waals surface area contributed by atoms with Gasteiger partial charge in [0.1, 0.15) is 0 Å². The zero-order valence-corrected chi connectivity index (χ0v) is 16.7. The van der Waals surface area contributed by atoms with Crippen molar-refractivity contribution < 1.29 is 4.74 Å². The Morgan fingerprint density at radius 3 is 1.12 bits per heavy atom. The van der Waals surface area contributed by atoms with Crippen LogP contribution in [0.1, 0.15) is 128 Å². The van der Waals surface area contributed by atoms with E-state index in [1.54, 1.807) is 0 Å². The molecule has 0 radical (unpaired) electrons. The minimum Gasteiger partial charge on any atom is -0.467 e. The maximum atomic E-state index is 6.46. The lowest BCUT2D eigenvalue weighted by atomic mass is 10.0. The van der Waals surface area contributed by atoms with Gasteiger partial charge in [-0.25, -0.2) is 0 Å². The van der Waals surface area contributed by atoms with Gasteiger partial charge in [0.2, 0.25) is 0 Å². The van der Waals surface area contributed by atoms with Gasteiger partial charge in [0.25, 0.3) is 0 Å². The molecule has 0 heterocycles. The van der Waals surface area contributed by atoms with E-state index >= 15 is 0 Å². The van der Waals surface area contributed by atoms with E-state index in [9.17, 15) is 0 Å². The summed E-state index contributed by atoms with van der Waals surface area (Å²) in [6, 6.07) is 0. The van der Waals surface area contributed by atoms with Crippen molar-refractivity contribution in [2.75, 3.05) is 0 Å². The van der Waals surface area contributed by atoms with Gasteiger partial charge in [-0.3, -0.25) is 0 Å². The Balaban J connectivity index is 1.87. The van der Waals surface area contributed by atoms with Gasteiger partial charge in [-0.15, -0.1) is 0 Å². The van der Waals surface area contributed by atoms with Crippen molar-refractivity contribution in [2.45, 2.75) is 128 Å². The molecule has 0 aliphatic heterocycles. The lowest BCUT2D eigenvalue weighted by molar-refractivity contribution is 0.266. The Hall–Kier alpha value is -0.720. The first kappa shape index (κ1) is 20.6. The number of hydrogen-bond acceptors (Lipinski definition) is 1. The summed E-state index contributed by atoms with van der Waals surface area (Å²) in [7, 11) is 0. The average molecular weight is 347 g/mol. The molecule has 2 aliphatic carbocycles. The summed E-state index contributed by atoms with van der Waals surface area (Å²) in [5.41, 5.74) is 0. The molecule has 0 aromatic heterocycles. The number of hydrogen-bond donors (Lipinski definition) is 0. The van der Waals surface area contributed by atoms with Crippen LogP contribution in [0, 0.1) is 0 Å². The first-order valence-corrected chi connectivity index (χ1v) is 11.5. The van der Waals surface area contributed by atoms with Crippen molar-refractivity contribution in [2.24, 2.45) is 0 Å². The molecule has 0 aromatic carbocycles. The smallest absolute Gasteiger partial charge is 0.0996 e. The molecule has 25 heavy (non-hydrogen) atoms. The highest BCUT2D eigenvalue weighted by Gasteiger charge is 2.07. The van der Waals surface area contributed by atoms with Gasteiger partial charge in [0.05, 0.1) is 11.5 Å². The molecule has 0 saturated carbocycles. The summed E-state index contributed by atoms with van der Waals surface area (Å²) in [5, 5.41) is 0. The summed E-state index contributed by atoms with van der Waals surface area (Å²) in [4.78, 5) is 0. The Morgan fingerprint density at radius 2 is 0.720 bits per heavy atom. The molecular formula is C24H42O. The van der Waals surface area contributed by atoms with Crippen molar-refractivity contribution in [3.8, 4) is 0 Å². The first-order valence-electron chi connectivity index (χ1n) is 11.5. The second kappa shape index (κ2) is 14.4. The Kier molecular flexibility index (Phi) is 11.9. The van der Waals surface area contributed by atoms with Crippen LogP contribution in [0.25, 0.3) is 0 Å². The van der Waals surface area contributed by atoms with E-state index in [0.29, 0.717) is 0 Å². The van der Waals surface area contributed by atoms with Crippen LogP contribution in [0.2, 0.25) is 0 Å². The van der Waals surface area contributed by atoms with Crippen LogP contribution in [0.15, 0.2) is 23.7 Å². The van der Waals surface area contributed by atoms with Gasteiger partial charge < -0.3 is 4.74 Å². The van der Waals surface area contributed by atoms with Crippen molar-refractivity contribution in [1.29, 1.82) is 0 Å². The van der Waals surface area contributed by atoms with Gasteiger partial charge >= 0.3 is 0 Å². The Bertz CT molecular complexity index is 344. The number of rotatable bonds is 2. The Labute approximate surface area is 157 Å². The molecule has 0 atom stereocenters. The molecule has 144 valence electrons. The van der Waals surface area contributed by atoms with Crippen LogP contribution in [0.3, 0.4) is 0 Å². The fourth-order valence-corrected chi connectivity index (χ4v) is 4.09. The highest BCUT2D eigenvalue weighted by Crippen LogP contribution is 2.23. The highest BCUT2D eigenvalue weighted by molar-refractivity contribution is 5.03. The molecule has 0 unspecified atom stereocenters. The third-order valence-corrected chi connectivity index (χ3v) is 5.76. The van der Waals surface area contributed by atoms with E-state index in [0.717, 1.165) is 12.8 Å². The molecule has 0 aromatic rings. The molecule has 0 bridgehead atoms. The molecule has 2 aliphatic rings. The number of ether oxygens (including phenoxy) is 1. The minimum atomic E-state index is 1.15. The molecule has 1 heteroatoms. The quantitative estimate of drug-likeness (QED) is 0.486. The van der Waals surface area contributed by atoms with Crippen molar-refractivity contribution >= 4 is 0 Å². The van der Waals surface area contributed by atoms with Gasteiger partial charge in [-0.1, -0.05) is 77.0 Å². The number of allylic oxidation sites excluding steroid dienone is 4. The van der Waals surface area contributed by atoms with Gasteiger partial charge in [-0.05, 0) is 50.7 Å². The second-order valence-corrected chi connectivity index (χ2v) is 8.18. The van der Waals surface area contributed by atoms with Crippen molar-refractivity contribution in [1.82, 2.24) is 0 Å². The lowest BCUT2D eigenvalue weighted by Crippen LogP contribution is -1.97. The summed E-state index contributed by atoms with van der Waals surface area (Å²) in [6.45, 7) is 0. The van der Waals surface area contributed by atoms with Gasteiger partial charge in [-0.2, -0.15) is 0 Å². The lowest BCUT2D eigenvalue weighted by Gasteiger charge is -2.15. The molecule has 1 nitrogen and oxygen atoms in total. The van der Waals surface area contributed by atoms with E-state index in [2.05, 4.69) is 12.2 Å². The van der Waals surface area contributed by atoms with E-state index in [4.69, 9.17) is 4.74 Å². The van der Waals surface area contributed by atoms with Crippen LogP contribution in [0.5, 0.6) is 0 Å². The van der Waals surface area contributed by atoms with Crippen LogP contribution >= 0.6 is 0 Å². The average Bonchev–Trinajstić information content (AvgIpc) is 2.59.